The molecule has 1 aliphatic rings. The average Bonchev–Trinajstić information content (AvgIpc) is 3.18. The molecule has 3 aromatic carbocycles. The van der Waals surface area contributed by atoms with Gasteiger partial charge in [-0.25, -0.2) is 14.2 Å². The summed E-state index contributed by atoms with van der Waals surface area (Å²) < 4.78 is 25.6. The highest BCUT2D eigenvalue weighted by Gasteiger charge is 2.34. The van der Waals surface area contributed by atoms with Crippen LogP contribution in [0, 0.1) is 5.82 Å². The third-order valence-electron chi connectivity index (χ3n) is 5.27. The van der Waals surface area contributed by atoms with Gasteiger partial charge in [0.25, 0.3) is 5.91 Å². The highest BCUT2D eigenvalue weighted by molar-refractivity contribution is 9.11. The maximum absolute atomic E-state index is 13.5. The molecule has 200 valence electrons. The fourth-order valence-corrected chi connectivity index (χ4v) is 6.19. The summed E-state index contributed by atoms with van der Waals surface area (Å²) in [5.41, 5.74) is 1.26. The van der Waals surface area contributed by atoms with Gasteiger partial charge in [-0.1, -0.05) is 47.6 Å². The second-order valence-electron chi connectivity index (χ2n) is 7.99. The first-order valence-electron chi connectivity index (χ1n) is 11.4. The van der Waals surface area contributed by atoms with Gasteiger partial charge in [0.15, 0.2) is 0 Å². The number of thioether (sulfide) groups is 1. The summed E-state index contributed by atoms with van der Waals surface area (Å²) in [6.07, 6.45) is 1.63. The Morgan fingerprint density at radius 1 is 1.10 bits per heavy atom. The van der Waals surface area contributed by atoms with Crippen LogP contribution >= 0.6 is 55.2 Å². The summed E-state index contributed by atoms with van der Waals surface area (Å²) in [7, 11) is 0. The zero-order valence-electron chi connectivity index (χ0n) is 20.2. The Morgan fingerprint density at radius 3 is 2.49 bits per heavy atom. The molecule has 0 fully saturated rings. The monoisotopic (exact) mass is 693 g/mol. The number of hydrogen-bond donors (Lipinski definition) is 1. The van der Waals surface area contributed by atoms with Gasteiger partial charge in [-0.05, 0) is 92.4 Å². The van der Waals surface area contributed by atoms with Gasteiger partial charge < -0.3 is 14.6 Å². The van der Waals surface area contributed by atoms with Crippen molar-refractivity contribution < 1.29 is 28.6 Å². The molecular weight excluding hydrogens is 677 g/mol. The summed E-state index contributed by atoms with van der Waals surface area (Å²) in [5.74, 6) is -1.68. The minimum atomic E-state index is -0.805. The smallest absolute Gasteiger partial charge is 0.344 e. The summed E-state index contributed by atoms with van der Waals surface area (Å²) in [4.78, 5) is 29.8. The Labute approximate surface area is 249 Å². The average molecular weight is 696 g/mol. The van der Waals surface area contributed by atoms with E-state index in [1.165, 1.54) is 18.2 Å². The van der Waals surface area contributed by atoms with Crippen molar-refractivity contribution in [1.29, 1.82) is 0 Å². The van der Waals surface area contributed by atoms with Gasteiger partial charge in [0, 0.05) is 0 Å². The summed E-state index contributed by atoms with van der Waals surface area (Å²) in [6, 6.07) is 16.0. The number of hydrogen-bond acceptors (Lipinski definition) is 6. The Balaban J connectivity index is 1.64. The summed E-state index contributed by atoms with van der Waals surface area (Å²) in [5, 5.41) is 11.1. The molecule has 1 heterocycles. The predicted octanol–water partition coefficient (Wildman–Crippen LogP) is 8.28. The van der Waals surface area contributed by atoms with Crippen LogP contribution in [0.25, 0.3) is 6.08 Å². The Bertz CT molecular complexity index is 1530. The number of benzene rings is 3. The van der Waals surface area contributed by atoms with Crippen LogP contribution in [0.15, 0.2) is 90.8 Å². The third kappa shape index (κ3) is 7.00. The lowest BCUT2D eigenvalue weighted by atomic mass is 10.1. The van der Waals surface area contributed by atoms with Crippen LogP contribution < -0.4 is 4.74 Å². The molecular formula is C28H19Br2ClFNO5S. The number of halogens is 4. The van der Waals surface area contributed by atoms with E-state index in [9.17, 15) is 19.1 Å². The van der Waals surface area contributed by atoms with Crippen molar-refractivity contribution in [2.75, 3.05) is 6.61 Å². The second kappa shape index (κ2) is 13.0. The van der Waals surface area contributed by atoms with Gasteiger partial charge >= 0.3 is 5.97 Å². The number of amides is 1. The van der Waals surface area contributed by atoms with E-state index in [2.05, 4.69) is 36.9 Å². The van der Waals surface area contributed by atoms with Gasteiger partial charge in [-0.3, -0.25) is 4.79 Å². The van der Waals surface area contributed by atoms with Gasteiger partial charge in [-0.15, -0.1) is 0 Å². The lowest BCUT2D eigenvalue weighted by Crippen LogP contribution is -2.14. The van der Waals surface area contributed by atoms with Crippen LogP contribution in [0.2, 0.25) is 5.02 Å². The number of aliphatic hydroxyl groups is 1. The molecule has 39 heavy (non-hydrogen) atoms. The summed E-state index contributed by atoms with van der Waals surface area (Å²) in [6.45, 7) is 1.85. The van der Waals surface area contributed by atoms with Crippen molar-refractivity contribution in [2.45, 2.75) is 13.5 Å². The van der Waals surface area contributed by atoms with E-state index >= 15 is 0 Å². The lowest BCUT2D eigenvalue weighted by Gasteiger charge is -2.12. The first-order chi connectivity index (χ1) is 18.7. The van der Waals surface area contributed by atoms with Crippen LogP contribution in [-0.4, -0.2) is 28.6 Å². The van der Waals surface area contributed by atoms with Crippen molar-refractivity contribution in [3.63, 3.8) is 0 Å². The van der Waals surface area contributed by atoms with Crippen molar-refractivity contribution in [2.24, 2.45) is 4.99 Å². The van der Waals surface area contributed by atoms with Crippen LogP contribution in [0.3, 0.4) is 0 Å². The van der Waals surface area contributed by atoms with E-state index in [-0.39, 0.29) is 50.9 Å². The molecule has 0 aliphatic carbocycles. The minimum Gasteiger partial charge on any atom is -0.506 e. The fourth-order valence-electron chi connectivity index (χ4n) is 3.51. The van der Waals surface area contributed by atoms with E-state index in [0.29, 0.717) is 25.8 Å². The molecule has 0 saturated heterocycles. The van der Waals surface area contributed by atoms with E-state index in [4.69, 9.17) is 21.1 Å². The quantitative estimate of drug-likeness (QED) is 0.251. The van der Waals surface area contributed by atoms with E-state index in [1.807, 2.05) is 0 Å². The number of aliphatic imine (C=N–C) groups is 1. The fraction of sp³-hybridized carbons (Fsp3) is 0.107. The molecule has 1 N–H and O–H groups in total. The first kappa shape index (κ1) is 29.1. The molecule has 1 aliphatic heterocycles. The molecule has 0 radical (unpaired) electrons. The molecule has 0 spiro atoms. The third-order valence-corrected chi connectivity index (χ3v) is 7.80. The molecule has 0 bridgehead atoms. The van der Waals surface area contributed by atoms with E-state index in [0.717, 1.165) is 11.8 Å². The molecule has 6 nitrogen and oxygen atoms in total. The highest BCUT2D eigenvalue weighted by atomic mass is 79.9. The van der Waals surface area contributed by atoms with Gasteiger partial charge in [-0.2, -0.15) is 0 Å². The summed E-state index contributed by atoms with van der Waals surface area (Å²) >= 11 is 14.1. The molecule has 1 amide bonds. The van der Waals surface area contributed by atoms with Gasteiger partial charge in [0.05, 0.1) is 31.0 Å². The largest absolute Gasteiger partial charge is 0.506 e. The zero-order valence-corrected chi connectivity index (χ0v) is 25.0. The van der Waals surface area contributed by atoms with E-state index < -0.39 is 11.9 Å². The number of esters is 1. The lowest BCUT2D eigenvalue weighted by molar-refractivity contribution is -0.138. The Morgan fingerprint density at radius 2 is 1.82 bits per heavy atom. The molecule has 0 atom stereocenters. The van der Waals surface area contributed by atoms with Crippen molar-refractivity contribution >= 4 is 78.2 Å². The van der Waals surface area contributed by atoms with Crippen molar-refractivity contribution in [3.8, 4) is 5.75 Å². The molecule has 0 aromatic heterocycles. The second-order valence-corrected chi connectivity index (χ2v) is 11.1. The number of aliphatic hydroxyl groups excluding tert-OH is 1. The number of carbonyl (C=O) groups excluding carboxylic acids is 2. The number of ether oxygens (including phenoxy) is 2. The number of nitrogens with zero attached hydrogens (tertiary/aromatic N) is 1. The normalized spacial score (nSPS) is 15.2. The standard InChI is InChI=1S/C28H19Br2ClFNO5S/c1-2-37-28(36)23-24(34)22(39-27(23)33-26(35)18-8-3-4-9-21(18)31)13-16-11-19(29)25(20(30)12-16)38-14-15-6-5-7-17(32)10-15/h3-13,34H,2,14H2,1H3/b22-13-,33-27?. The van der Waals surface area contributed by atoms with Crippen molar-refractivity contribution in [3.05, 3.63) is 113 Å². The van der Waals surface area contributed by atoms with E-state index in [1.54, 1.807) is 55.5 Å². The van der Waals surface area contributed by atoms with Gasteiger partial charge in [0.1, 0.15) is 34.5 Å². The SMILES string of the molecule is CCOC(=O)C1=C(O)/C(=C/c2cc(Br)c(OCc3cccc(F)c3)c(Br)c2)SC1=NC(=O)c1ccccc1Cl. The first-order valence-corrected chi connectivity index (χ1v) is 14.2. The Kier molecular flexibility index (Phi) is 9.66. The zero-order chi connectivity index (χ0) is 28.1. The molecule has 4 rings (SSSR count). The molecule has 3 aromatic rings. The molecule has 0 unspecified atom stereocenters. The van der Waals surface area contributed by atoms with Crippen LogP contribution in [-0.2, 0) is 16.1 Å². The van der Waals surface area contributed by atoms with Crippen molar-refractivity contribution in [1.82, 2.24) is 0 Å². The van der Waals surface area contributed by atoms with Crippen LogP contribution in [0.1, 0.15) is 28.4 Å². The maximum atomic E-state index is 13.5. The molecule has 11 heteroatoms. The molecule has 0 saturated carbocycles. The maximum Gasteiger partial charge on any atom is 0.344 e. The Hall–Kier alpha value is -2.92. The number of carbonyl (C=O) groups is 2. The minimum absolute atomic E-state index is 0.00435. The topological polar surface area (TPSA) is 85.2 Å². The predicted molar refractivity (Wildman–Crippen MR) is 158 cm³/mol. The van der Waals surface area contributed by atoms with Crippen LogP contribution in [0.5, 0.6) is 5.75 Å². The number of rotatable bonds is 7. The van der Waals surface area contributed by atoms with Crippen LogP contribution in [0.4, 0.5) is 4.39 Å². The van der Waals surface area contributed by atoms with Gasteiger partial charge in [0.2, 0.25) is 0 Å². The highest BCUT2D eigenvalue weighted by Crippen LogP contribution is 2.41.